The Kier molecular flexibility index (Phi) is 6.16. The summed E-state index contributed by atoms with van der Waals surface area (Å²) in [6.45, 7) is 7.15. The van der Waals surface area contributed by atoms with E-state index >= 15 is 0 Å². The minimum absolute atomic E-state index is 0.193. The average molecular weight is 335 g/mol. The third-order valence-corrected chi connectivity index (χ3v) is 3.99. The number of benzene rings is 1. The number of urea groups is 1. The van der Waals surface area contributed by atoms with Crippen molar-refractivity contribution in [1.82, 2.24) is 4.90 Å². The number of anilines is 1. The van der Waals surface area contributed by atoms with Crippen molar-refractivity contribution in [2.75, 3.05) is 31.2 Å². The molecule has 0 bridgehead atoms. The standard InChI is InChI=1S/C17H25N3O4/c1-4-19(17(18)22)15-12-9-7-8-10-13(12)20(16(15)21)11-14(23-5-2)24-6-3/h7-10,14-15H,4-6,11H2,1-3H3,(H2,18,22). The number of fused-ring (bicyclic) bond motifs is 1. The van der Waals surface area contributed by atoms with Gasteiger partial charge in [-0.25, -0.2) is 4.79 Å². The molecule has 0 aromatic heterocycles. The Morgan fingerprint density at radius 1 is 1.25 bits per heavy atom. The smallest absolute Gasteiger partial charge is 0.315 e. The number of nitrogens with zero attached hydrogens (tertiary/aromatic N) is 2. The molecule has 1 atom stereocenters. The number of likely N-dealkylation sites (N-methyl/N-ethyl adjacent to an activating group) is 1. The summed E-state index contributed by atoms with van der Waals surface area (Å²) in [4.78, 5) is 27.7. The van der Waals surface area contributed by atoms with E-state index in [1.165, 1.54) is 4.90 Å². The lowest BCUT2D eigenvalue weighted by Gasteiger charge is -2.27. The van der Waals surface area contributed by atoms with Gasteiger partial charge in [0.05, 0.1) is 6.54 Å². The molecule has 0 saturated heterocycles. The van der Waals surface area contributed by atoms with Gasteiger partial charge in [0.1, 0.15) is 6.04 Å². The summed E-state index contributed by atoms with van der Waals surface area (Å²) in [6.07, 6.45) is -0.514. The molecule has 1 aromatic carbocycles. The van der Waals surface area contributed by atoms with Crippen LogP contribution in [0.25, 0.3) is 0 Å². The van der Waals surface area contributed by atoms with Crippen molar-refractivity contribution in [3.63, 3.8) is 0 Å². The van der Waals surface area contributed by atoms with E-state index < -0.39 is 18.4 Å². The van der Waals surface area contributed by atoms with Crippen LogP contribution in [0.1, 0.15) is 32.4 Å². The number of hydrogen-bond donors (Lipinski definition) is 1. The predicted octanol–water partition coefficient (Wildman–Crippen LogP) is 1.87. The van der Waals surface area contributed by atoms with E-state index in [4.69, 9.17) is 15.2 Å². The van der Waals surface area contributed by atoms with Gasteiger partial charge in [-0.3, -0.25) is 4.79 Å². The zero-order valence-electron chi connectivity index (χ0n) is 14.4. The molecular formula is C17H25N3O4. The number of amides is 3. The molecule has 1 unspecified atom stereocenters. The number of ether oxygens (including phenoxy) is 2. The molecule has 7 heteroatoms. The summed E-state index contributed by atoms with van der Waals surface area (Å²) in [5.74, 6) is -0.193. The Balaban J connectivity index is 2.34. The molecule has 1 aliphatic heterocycles. The van der Waals surface area contributed by atoms with E-state index in [0.29, 0.717) is 19.8 Å². The molecule has 2 rings (SSSR count). The summed E-state index contributed by atoms with van der Waals surface area (Å²) in [6, 6.07) is 6.10. The first-order valence-electron chi connectivity index (χ1n) is 8.24. The molecule has 2 N–H and O–H groups in total. The zero-order valence-corrected chi connectivity index (χ0v) is 14.4. The van der Waals surface area contributed by atoms with Crippen molar-refractivity contribution in [2.24, 2.45) is 5.73 Å². The number of rotatable bonds is 8. The second-order valence-corrected chi connectivity index (χ2v) is 5.37. The van der Waals surface area contributed by atoms with Crippen molar-refractivity contribution in [3.8, 4) is 0 Å². The van der Waals surface area contributed by atoms with Gasteiger partial charge in [0, 0.05) is 31.0 Å². The molecule has 0 aliphatic carbocycles. The maximum Gasteiger partial charge on any atom is 0.315 e. The fraction of sp³-hybridized carbons (Fsp3) is 0.529. The molecular weight excluding hydrogens is 310 g/mol. The van der Waals surface area contributed by atoms with Crippen molar-refractivity contribution < 1.29 is 19.1 Å². The molecule has 24 heavy (non-hydrogen) atoms. The van der Waals surface area contributed by atoms with Gasteiger partial charge in [-0.2, -0.15) is 0 Å². The second-order valence-electron chi connectivity index (χ2n) is 5.37. The Labute approximate surface area is 142 Å². The van der Waals surface area contributed by atoms with Crippen molar-refractivity contribution in [1.29, 1.82) is 0 Å². The SMILES string of the molecule is CCOC(CN1C(=O)C(N(CC)C(N)=O)c2ccccc21)OCC. The normalized spacial score (nSPS) is 16.6. The van der Waals surface area contributed by atoms with Crippen LogP contribution in [0.15, 0.2) is 24.3 Å². The Morgan fingerprint density at radius 2 is 1.88 bits per heavy atom. The first kappa shape index (κ1) is 18.2. The third-order valence-electron chi connectivity index (χ3n) is 3.99. The predicted molar refractivity (Wildman–Crippen MR) is 90.5 cm³/mol. The monoisotopic (exact) mass is 335 g/mol. The van der Waals surface area contributed by atoms with E-state index in [9.17, 15) is 9.59 Å². The molecule has 0 spiro atoms. The maximum absolute atomic E-state index is 13.0. The maximum atomic E-state index is 13.0. The van der Waals surface area contributed by atoms with Crippen molar-refractivity contribution >= 4 is 17.6 Å². The molecule has 3 amide bonds. The largest absolute Gasteiger partial charge is 0.351 e. The lowest BCUT2D eigenvalue weighted by Crippen LogP contribution is -2.45. The topological polar surface area (TPSA) is 85.1 Å². The van der Waals surface area contributed by atoms with E-state index in [0.717, 1.165) is 11.3 Å². The van der Waals surface area contributed by atoms with Crippen molar-refractivity contribution in [3.05, 3.63) is 29.8 Å². The highest BCUT2D eigenvalue weighted by Gasteiger charge is 2.42. The highest BCUT2D eigenvalue weighted by atomic mass is 16.7. The van der Waals surface area contributed by atoms with Crippen LogP contribution >= 0.6 is 0 Å². The summed E-state index contributed by atoms with van der Waals surface area (Å²) >= 11 is 0. The van der Waals surface area contributed by atoms with Crippen LogP contribution in [0.5, 0.6) is 0 Å². The fourth-order valence-corrected chi connectivity index (χ4v) is 2.99. The molecule has 7 nitrogen and oxygen atoms in total. The first-order valence-corrected chi connectivity index (χ1v) is 8.24. The van der Waals surface area contributed by atoms with Crippen LogP contribution in [-0.2, 0) is 14.3 Å². The van der Waals surface area contributed by atoms with Gasteiger partial charge in [0.2, 0.25) is 0 Å². The fourth-order valence-electron chi connectivity index (χ4n) is 2.99. The molecule has 1 aliphatic rings. The van der Waals surface area contributed by atoms with Crippen LogP contribution in [0.2, 0.25) is 0 Å². The van der Waals surface area contributed by atoms with Gasteiger partial charge in [-0.05, 0) is 26.8 Å². The third kappa shape index (κ3) is 3.52. The van der Waals surface area contributed by atoms with Gasteiger partial charge in [0.15, 0.2) is 6.29 Å². The number of primary amides is 1. The minimum Gasteiger partial charge on any atom is -0.351 e. The highest BCUT2D eigenvalue weighted by Crippen LogP contribution is 2.39. The summed E-state index contributed by atoms with van der Waals surface area (Å²) in [7, 11) is 0. The van der Waals surface area contributed by atoms with Crippen LogP contribution in [0.4, 0.5) is 10.5 Å². The molecule has 132 valence electrons. The number of carbonyl (C=O) groups is 2. The zero-order chi connectivity index (χ0) is 17.7. The number of nitrogens with two attached hydrogens (primary N) is 1. The highest BCUT2D eigenvalue weighted by molar-refractivity contribution is 6.06. The lowest BCUT2D eigenvalue weighted by molar-refractivity contribution is -0.136. The van der Waals surface area contributed by atoms with Gasteiger partial charge in [-0.1, -0.05) is 18.2 Å². The average Bonchev–Trinajstić information content (AvgIpc) is 2.82. The van der Waals surface area contributed by atoms with Crippen molar-refractivity contribution in [2.45, 2.75) is 33.1 Å². The van der Waals surface area contributed by atoms with Crippen LogP contribution in [-0.4, -0.2) is 49.4 Å². The summed E-state index contributed by atoms with van der Waals surface area (Å²) < 4.78 is 11.1. The minimum atomic E-state index is -0.701. The number of para-hydroxylation sites is 1. The first-order chi connectivity index (χ1) is 11.5. The van der Waals surface area contributed by atoms with Crippen LogP contribution in [0.3, 0.4) is 0 Å². The number of hydrogen-bond acceptors (Lipinski definition) is 4. The molecule has 0 radical (unpaired) electrons. The molecule has 0 saturated carbocycles. The summed E-state index contributed by atoms with van der Waals surface area (Å²) in [5, 5.41) is 0. The molecule has 1 aromatic rings. The Hall–Kier alpha value is -2.12. The van der Waals surface area contributed by atoms with E-state index in [1.54, 1.807) is 11.8 Å². The molecule has 0 fully saturated rings. The van der Waals surface area contributed by atoms with E-state index in [2.05, 4.69) is 0 Å². The lowest BCUT2D eigenvalue weighted by atomic mass is 10.1. The summed E-state index contributed by atoms with van der Waals surface area (Å²) in [5.41, 5.74) is 6.99. The van der Waals surface area contributed by atoms with Gasteiger partial charge in [0.25, 0.3) is 5.91 Å². The quantitative estimate of drug-likeness (QED) is 0.735. The van der Waals surface area contributed by atoms with Gasteiger partial charge in [-0.15, -0.1) is 0 Å². The van der Waals surface area contributed by atoms with Crippen LogP contribution < -0.4 is 10.6 Å². The van der Waals surface area contributed by atoms with Crippen LogP contribution in [0, 0.1) is 0 Å². The molecule has 1 heterocycles. The Morgan fingerprint density at radius 3 is 2.42 bits per heavy atom. The number of carbonyl (C=O) groups excluding carboxylic acids is 2. The van der Waals surface area contributed by atoms with E-state index in [1.807, 2.05) is 38.1 Å². The van der Waals surface area contributed by atoms with Gasteiger partial charge >= 0.3 is 6.03 Å². The van der Waals surface area contributed by atoms with Gasteiger partial charge < -0.3 is 25.0 Å². The van der Waals surface area contributed by atoms with E-state index in [-0.39, 0.29) is 12.5 Å². The Bertz CT molecular complexity index is 587. The second kappa shape index (κ2) is 8.12.